The van der Waals surface area contributed by atoms with Crippen LogP contribution in [0.4, 0.5) is 11.6 Å². The lowest BCUT2D eigenvalue weighted by atomic mass is 10.0. The van der Waals surface area contributed by atoms with Gasteiger partial charge in [-0.3, -0.25) is 4.79 Å². The van der Waals surface area contributed by atoms with E-state index in [9.17, 15) is 4.79 Å². The molecule has 1 amide bonds. The van der Waals surface area contributed by atoms with Gasteiger partial charge in [-0.05, 0) is 24.8 Å². The summed E-state index contributed by atoms with van der Waals surface area (Å²) in [5.41, 5.74) is 0.963. The van der Waals surface area contributed by atoms with Crippen LogP contribution >= 0.6 is 23.2 Å². The van der Waals surface area contributed by atoms with Crippen molar-refractivity contribution in [2.24, 2.45) is 11.8 Å². The van der Waals surface area contributed by atoms with Crippen molar-refractivity contribution < 1.29 is 14.3 Å². The molecule has 2 saturated heterocycles. The van der Waals surface area contributed by atoms with Crippen LogP contribution in [0.5, 0.6) is 0 Å². The smallest absolute Gasteiger partial charge is 0.232 e. The number of aromatic nitrogens is 3. The van der Waals surface area contributed by atoms with E-state index in [0.717, 1.165) is 39.1 Å². The van der Waals surface area contributed by atoms with E-state index in [-0.39, 0.29) is 17.0 Å². The quantitative estimate of drug-likeness (QED) is 0.578. The Morgan fingerprint density at radius 1 is 1.12 bits per heavy atom. The molecule has 0 saturated carbocycles. The summed E-state index contributed by atoms with van der Waals surface area (Å²) in [5, 5.41) is 9.92. The van der Waals surface area contributed by atoms with Crippen molar-refractivity contribution in [3.8, 4) is 11.3 Å². The number of rotatable bonds is 6. The number of carbonyl (C=O) groups is 1. The minimum atomic E-state index is -0.306. The van der Waals surface area contributed by atoms with Crippen LogP contribution in [0.25, 0.3) is 11.3 Å². The van der Waals surface area contributed by atoms with Gasteiger partial charge in [-0.1, -0.05) is 23.2 Å². The van der Waals surface area contributed by atoms with Gasteiger partial charge in [-0.15, -0.1) is 0 Å². The number of hydrogen-bond acceptors (Lipinski definition) is 8. The number of hydrogen-bond donors (Lipinski definition) is 3. The fourth-order valence-electron chi connectivity index (χ4n) is 3.62. The first-order valence-corrected chi connectivity index (χ1v) is 11.4. The van der Waals surface area contributed by atoms with Crippen LogP contribution in [0.3, 0.4) is 0 Å². The van der Waals surface area contributed by atoms with Crippen molar-refractivity contribution in [1.82, 2.24) is 20.3 Å². The molecule has 4 rings (SSSR count). The highest BCUT2D eigenvalue weighted by Crippen LogP contribution is 2.32. The Hall–Kier alpha value is -2.04. The second-order valence-electron chi connectivity index (χ2n) is 7.85. The zero-order chi connectivity index (χ0) is 22.3. The van der Waals surface area contributed by atoms with Gasteiger partial charge in [0.05, 0.1) is 30.4 Å². The number of nitrogens with zero attached hydrogens (tertiary/aromatic N) is 3. The summed E-state index contributed by atoms with van der Waals surface area (Å²) in [4.78, 5) is 25.7. The van der Waals surface area contributed by atoms with Crippen LogP contribution in [0.2, 0.25) is 10.2 Å². The highest BCUT2D eigenvalue weighted by atomic mass is 35.5. The molecule has 0 spiro atoms. The first-order chi connectivity index (χ1) is 15.6. The van der Waals surface area contributed by atoms with Gasteiger partial charge >= 0.3 is 0 Å². The summed E-state index contributed by atoms with van der Waals surface area (Å²) in [5.74, 6) is 1.01. The second kappa shape index (κ2) is 11.2. The summed E-state index contributed by atoms with van der Waals surface area (Å²) in [6.45, 7) is 4.57. The molecule has 32 heavy (non-hydrogen) atoms. The van der Waals surface area contributed by atoms with Gasteiger partial charge < -0.3 is 25.4 Å². The molecule has 4 heterocycles. The summed E-state index contributed by atoms with van der Waals surface area (Å²) >= 11 is 12.7. The zero-order valence-corrected chi connectivity index (χ0v) is 19.1. The van der Waals surface area contributed by atoms with Gasteiger partial charge in [0.25, 0.3) is 0 Å². The Morgan fingerprint density at radius 2 is 1.97 bits per heavy atom. The molecule has 11 heteroatoms. The van der Waals surface area contributed by atoms with Crippen molar-refractivity contribution in [2.45, 2.75) is 12.8 Å². The summed E-state index contributed by atoms with van der Waals surface area (Å²) in [6.07, 6.45) is 5.10. The molecule has 9 nitrogen and oxygen atoms in total. The topological polar surface area (TPSA) is 110 Å². The van der Waals surface area contributed by atoms with Gasteiger partial charge in [0.1, 0.15) is 17.3 Å². The van der Waals surface area contributed by atoms with Gasteiger partial charge in [-0.2, -0.15) is 0 Å². The predicted octanol–water partition coefficient (Wildman–Crippen LogP) is 2.86. The SMILES string of the molecule is O=C(Nc1cc(-c2nc(NCC3CCOCC3)cnc2Cl)c(Cl)cn1)[C@H]1CNCCOC1. The maximum absolute atomic E-state index is 12.6. The highest BCUT2D eigenvalue weighted by molar-refractivity contribution is 6.35. The Labute approximate surface area is 196 Å². The van der Waals surface area contributed by atoms with Crippen LogP contribution in [-0.2, 0) is 14.3 Å². The molecule has 0 radical (unpaired) electrons. The summed E-state index contributed by atoms with van der Waals surface area (Å²) in [6, 6.07) is 1.66. The Morgan fingerprint density at radius 3 is 2.81 bits per heavy atom. The van der Waals surface area contributed by atoms with Crippen molar-refractivity contribution in [1.29, 1.82) is 0 Å². The average molecular weight is 481 g/mol. The molecule has 2 aliphatic heterocycles. The first kappa shape index (κ1) is 23.1. The molecular formula is C21H26Cl2N6O3. The van der Waals surface area contributed by atoms with Crippen molar-refractivity contribution >= 4 is 40.7 Å². The van der Waals surface area contributed by atoms with Crippen molar-refractivity contribution in [3.63, 3.8) is 0 Å². The van der Waals surface area contributed by atoms with E-state index < -0.39 is 0 Å². The monoisotopic (exact) mass is 480 g/mol. The molecule has 0 bridgehead atoms. The molecule has 0 aliphatic carbocycles. The van der Waals surface area contributed by atoms with E-state index in [2.05, 4.69) is 30.9 Å². The number of halogens is 2. The lowest BCUT2D eigenvalue weighted by Crippen LogP contribution is -2.33. The van der Waals surface area contributed by atoms with Gasteiger partial charge in [0.15, 0.2) is 5.15 Å². The van der Waals surface area contributed by atoms with E-state index in [1.165, 1.54) is 6.20 Å². The van der Waals surface area contributed by atoms with E-state index in [1.807, 2.05) is 0 Å². The third-order valence-electron chi connectivity index (χ3n) is 5.51. The number of anilines is 2. The van der Waals surface area contributed by atoms with Crippen molar-refractivity contribution in [3.05, 3.63) is 28.6 Å². The largest absolute Gasteiger partial charge is 0.381 e. The van der Waals surface area contributed by atoms with Gasteiger partial charge in [0.2, 0.25) is 5.91 Å². The molecule has 0 aromatic carbocycles. The summed E-state index contributed by atoms with van der Waals surface area (Å²) < 4.78 is 10.9. The Bertz CT molecular complexity index is 934. The van der Waals surface area contributed by atoms with Crippen LogP contribution < -0.4 is 16.0 Å². The predicted molar refractivity (Wildman–Crippen MR) is 123 cm³/mol. The molecule has 0 unspecified atom stereocenters. The zero-order valence-electron chi connectivity index (χ0n) is 17.6. The number of carbonyl (C=O) groups excluding carboxylic acids is 1. The molecule has 2 aromatic heterocycles. The Kier molecular flexibility index (Phi) is 8.10. The molecule has 2 fully saturated rings. The molecule has 3 N–H and O–H groups in total. The highest BCUT2D eigenvalue weighted by Gasteiger charge is 2.22. The van der Waals surface area contributed by atoms with Crippen LogP contribution in [0.15, 0.2) is 18.5 Å². The fraction of sp³-hybridized carbons (Fsp3) is 0.524. The standard InChI is InChI=1S/C21H26Cl2N6O3/c22-16-10-26-17(29-21(30)14-9-24-3-6-32-12-14)7-15(16)19-20(23)27-11-18(28-19)25-8-13-1-4-31-5-2-13/h7,10-11,13-14,24H,1-6,8-9,12H2,(H,25,28)(H,26,29,30)/t14-/m0/s1. The number of nitrogens with one attached hydrogen (secondary N) is 3. The minimum absolute atomic E-state index is 0.177. The normalized spacial score (nSPS) is 19.9. The Balaban J connectivity index is 1.49. The molecular weight excluding hydrogens is 455 g/mol. The van der Waals surface area contributed by atoms with E-state index in [0.29, 0.717) is 53.6 Å². The molecule has 172 valence electrons. The van der Waals surface area contributed by atoms with Crippen LogP contribution in [0.1, 0.15) is 12.8 Å². The third kappa shape index (κ3) is 6.05. The molecule has 2 aliphatic rings. The molecule has 2 aromatic rings. The maximum Gasteiger partial charge on any atom is 0.232 e. The minimum Gasteiger partial charge on any atom is -0.381 e. The van der Waals surface area contributed by atoms with E-state index in [1.54, 1.807) is 12.3 Å². The number of amides is 1. The van der Waals surface area contributed by atoms with Gasteiger partial charge in [0, 0.05) is 44.6 Å². The molecule has 1 atom stereocenters. The van der Waals surface area contributed by atoms with Crippen LogP contribution in [0, 0.1) is 11.8 Å². The van der Waals surface area contributed by atoms with Gasteiger partial charge in [-0.25, -0.2) is 15.0 Å². The average Bonchev–Trinajstić information content (AvgIpc) is 3.10. The second-order valence-corrected chi connectivity index (χ2v) is 8.61. The van der Waals surface area contributed by atoms with Crippen LogP contribution in [-0.4, -0.2) is 66.9 Å². The van der Waals surface area contributed by atoms with E-state index >= 15 is 0 Å². The number of ether oxygens (including phenoxy) is 2. The van der Waals surface area contributed by atoms with E-state index in [4.69, 9.17) is 32.7 Å². The van der Waals surface area contributed by atoms with Crippen molar-refractivity contribution in [2.75, 3.05) is 56.7 Å². The maximum atomic E-state index is 12.6. The third-order valence-corrected chi connectivity index (χ3v) is 6.08. The fourth-order valence-corrected chi connectivity index (χ4v) is 4.01. The summed E-state index contributed by atoms with van der Waals surface area (Å²) in [7, 11) is 0. The first-order valence-electron chi connectivity index (χ1n) is 10.7. The lowest BCUT2D eigenvalue weighted by molar-refractivity contribution is -0.121. The number of pyridine rings is 1. The lowest BCUT2D eigenvalue weighted by Gasteiger charge is -2.22.